The molecule has 1 aliphatic heterocycles. The molecule has 11 nitrogen and oxygen atoms in total. The number of aliphatic hydroxyl groups is 1. The van der Waals surface area contributed by atoms with Crippen LogP contribution in [0.15, 0.2) is 77.6 Å². The standard InChI is InChI=1S/C34H41N3O4.2CH2O2/c1-23(2)37-19-16-34(17-20-37,25-8-4-3-5-9-25)28-21-24(10-13-29(28)38)7-6-18-35-22-31(40)26-11-14-30(39)33-27(26)12-15-32(41)36-33;2*2-1-3/h3-5,8-15,21,23,31,35,38-40H,6-7,16-20,22H2,1-2H3,(H,36,41);2*1H,(H,2,3)/t31-;;/m0../s1. The number of rotatable bonds is 10. The van der Waals surface area contributed by atoms with Crippen LogP contribution in [0.3, 0.4) is 0 Å². The average molecular weight is 648 g/mol. The molecule has 2 heterocycles. The predicted molar refractivity (Wildman–Crippen MR) is 181 cm³/mol. The summed E-state index contributed by atoms with van der Waals surface area (Å²) in [5.41, 5.74) is 3.94. The topological polar surface area (TPSA) is 183 Å². The number of nitrogens with zero attached hydrogens (tertiary/aromatic N) is 1. The number of H-pyrrole nitrogens is 1. The first-order valence-corrected chi connectivity index (χ1v) is 15.6. The molecule has 0 saturated carbocycles. The van der Waals surface area contributed by atoms with Gasteiger partial charge in [-0.2, -0.15) is 0 Å². The van der Waals surface area contributed by atoms with Crippen molar-refractivity contribution in [3.8, 4) is 11.5 Å². The predicted octanol–water partition coefficient (Wildman–Crippen LogP) is 4.39. The number of carbonyl (C=O) groups is 2. The number of nitrogens with one attached hydrogen (secondary N) is 2. The second-order valence-corrected chi connectivity index (χ2v) is 11.7. The van der Waals surface area contributed by atoms with Gasteiger partial charge in [-0.3, -0.25) is 14.4 Å². The quantitative estimate of drug-likeness (QED) is 0.0963. The van der Waals surface area contributed by atoms with E-state index in [0.717, 1.165) is 44.3 Å². The van der Waals surface area contributed by atoms with Crippen molar-refractivity contribution in [3.63, 3.8) is 0 Å². The highest BCUT2D eigenvalue weighted by Crippen LogP contribution is 2.45. The van der Waals surface area contributed by atoms with Gasteiger partial charge in [0.2, 0.25) is 5.56 Å². The highest BCUT2D eigenvalue weighted by molar-refractivity contribution is 5.87. The Bertz CT molecular complexity index is 1630. The van der Waals surface area contributed by atoms with Gasteiger partial charge < -0.3 is 40.7 Å². The second kappa shape index (κ2) is 17.8. The number of aromatic amines is 1. The van der Waals surface area contributed by atoms with E-state index in [0.29, 0.717) is 41.3 Å². The molecule has 0 bridgehead atoms. The SMILES string of the molecule is CC(C)N1CCC(c2ccccc2)(c2cc(CCCNC[C@H](O)c3ccc(O)c4[nH]c(=O)ccc34)ccc2O)CC1.O=CO.O=CO. The molecule has 252 valence electrons. The zero-order chi connectivity index (χ0) is 34.4. The number of aromatic nitrogens is 1. The van der Waals surface area contributed by atoms with Crippen LogP contribution in [0.25, 0.3) is 10.9 Å². The molecule has 5 rings (SSSR count). The van der Waals surface area contributed by atoms with E-state index in [1.54, 1.807) is 12.1 Å². The Balaban J connectivity index is 0.000000930. The van der Waals surface area contributed by atoms with Gasteiger partial charge in [0, 0.05) is 35.0 Å². The third-order valence-corrected chi connectivity index (χ3v) is 8.71. The summed E-state index contributed by atoms with van der Waals surface area (Å²) >= 11 is 0. The van der Waals surface area contributed by atoms with Crippen molar-refractivity contribution >= 4 is 23.8 Å². The Morgan fingerprint density at radius 3 is 2.19 bits per heavy atom. The number of hydrogen-bond donors (Lipinski definition) is 7. The van der Waals surface area contributed by atoms with E-state index in [1.165, 1.54) is 23.3 Å². The number of benzene rings is 3. The highest BCUT2D eigenvalue weighted by Gasteiger charge is 2.40. The number of piperidine rings is 1. The van der Waals surface area contributed by atoms with Crippen molar-refractivity contribution < 1.29 is 35.1 Å². The maximum Gasteiger partial charge on any atom is 0.290 e. The number of pyridine rings is 1. The molecule has 1 atom stereocenters. The number of aryl methyl sites for hydroxylation is 1. The number of likely N-dealkylation sites (tertiary alicyclic amines) is 1. The number of phenolic OH excluding ortho intramolecular Hbond substituents is 2. The summed E-state index contributed by atoms with van der Waals surface area (Å²) in [5, 5.41) is 49.8. The molecule has 7 N–H and O–H groups in total. The second-order valence-electron chi connectivity index (χ2n) is 11.7. The first-order chi connectivity index (χ1) is 22.6. The summed E-state index contributed by atoms with van der Waals surface area (Å²) < 4.78 is 0. The molecule has 0 unspecified atom stereocenters. The van der Waals surface area contributed by atoms with Gasteiger partial charge in [-0.05, 0) is 94.1 Å². The van der Waals surface area contributed by atoms with Crippen LogP contribution in [0.1, 0.15) is 61.5 Å². The van der Waals surface area contributed by atoms with Crippen molar-refractivity contribution in [2.75, 3.05) is 26.2 Å². The molecule has 1 fully saturated rings. The van der Waals surface area contributed by atoms with Gasteiger partial charge in [-0.1, -0.05) is 48.5 Å². The van der Waals surface area contributed by atoms with Crippen molar-refractivity contribution in [1.29, 1.82) is 0 Å². The van der Waals surface area contributed by atoms with Crippen LogP contribution in [0.5, 0.6) is 11.5 Å². The molecule has 0 aliphatic carbocycles. The minimum Gasteiger partial charge on any atom is -0.508 e. The molecule has 47 heavy (non-hydrogen) atoms. The summed E-state index contributed by atoms with van der Waals surface area (Å²) in [6.45, 7) is 7.05. The van der Waals surface area contributed by atoms with E-state index in [1.807, 2.05) is 18.2 Å². The number of carboxylic acid groups (broad SMARTS) is 2. The monoisotopic (exact) mass is 647 g/mol. The van der Waals surface area contributed by atoms with Crippen LogP contribution in [0, 0.1) is 0 Å². The molecule has 0 amide bonds. The van der Waals surface area contributed by atoms with Crippen molar-refractivity contribution in [3.05, 3.63) is 105 Å². The minimum absolute atomic E-state index is 0.0191. The van der Waals surface area contributed by atoms with E-state index in [4.69, 9.17) is 19.8 Å². The Morgan fingerprint density at radius 2 is 1.55 bits per heavy atom. The third kappa shape index (κ3) is 9.41. The molecule has 4 aromatic rings. The van der Waals surface area contributed by atoms with Gasteiger partial charge in [0.15, 0.2) is 0 Å². The molecular formula is C36H45N3O8. The zero-order valence-corrected chi connectivity index (χ0v) is 26.8. The molecular weight excluding hydrogens is 602 g/mol. The van der Waals surface area contributed by atoms with Crippen LogP contribution >= 0.6 is 0 Å². The molecule has 3 aromatic carbocycles. The summed E-state index contributed by atoms with van der Waals surface area (Å²) in [4.78, 5) is 33.6. The minimum atomic E-state index is -0.785. The van der Waals surface area contributed by atoms with Crippen molar-refractivity contribution in [1.82, 2.24) is 15.2 Å². The van der Waals surface area contributed by atoms with Gasteiger partial charge in [-0.25, -0.2) is 0 Å². The lowest BCUT2D eigenvalue weighted by Gasteiger charge is -2.44. The lowest BCUT2D eigenvalue weighted by atomic mass is 9.67. The van der Waals surface area contributed by atoms with Crippen molar-refractivity contribution in [2.24, 2.45) is 0 Å². The maximum absolute atomic E-state index is 11.7. The third-order valence-electron chi connectivity index (χ3n) is 8.71. The Labute approximate surface area is 274 Å². The fraction of sp³-hybridized carbons (Fsp3) is 0.361. The number of aliphatic hydroxyl groups excluding tert-OH is 1. The number of fused-ring (bicyclic) bond motifs is 1. The smallest absolute Gasteiger partial charge is 0.290 e. The van der Waals surface area contributed by atoms with Gasteiger partial charge in [-0.15, -0.1) is 0 Å². The fourth-order valence-corrected chi connectivity index (χ4v) is 6.33. The fourth-order valence-electron chi connectivity index (χ4n) is 6.33. The molecule has 1 aromatic heterocycles. The largest absolute Gasteiger partial charge is 0.508 e. The van der Waals surface area contributed by atoms with Crippen LogP contribution in [0.4, 0.5) is 0 Å². The number of hydrogen-bond acceptors (Lipinski definition) is 8. The molecule has 0 radical (unpaired) electrons. The summed E-state index contributed by atoms with van der Waals surface area (Å²) in [7, 11) is 0. The highest BCUT2D eigenvalue weighted by atomic mass is 16.3. The lowest BCUT2D eigenvalue weighted by molar-refractivity contribution is -0.123. The lowest BCUT2D eigenvalue weighted by Crippen LogP contribution is -2.45. The van der Waals surface area contributed by atoms with Crippen LogP contribution in [-0.2, 0) is 21.4 Å². The summed E-state index contributed by atoms with van der Waals surface area (Å²) in [6, 6.07) is 23.4. The Kier molecular flexibility index (Phi) is 14.0. The number of phenols is 2. The maximum atomic E-state index is 11.7. The van der Waals surface area contributed by atoms with Gasteiger partial charge in [0.05, 0.1) is 11.6 Å². The van der Waals surface area contributed by atoms with Gasteiger partial charge in [0.25, 0.3) is 12.9 Å². The first kappa shape index (κ1) is 36.8. The normalized spacial score (nSPS) is 14.7. The summed E-state index contributed by atoms with van der Waals surface area (Å²) in [6.07, 6.45) is 2.87. The molecule has 1 saturated heterocycles. The van der Waals surface area contributed by atoms with E-state index in [9.17, 15) is 20.1 Å². The Hall–Kier alpha value is -4.71. The van der Waals surface area contributed by atoms with Gasteiger partial charge in [0.1, 0.15) is 11.5 Å². The number of aromatic hydroxyl groups is 2. The summed E-state index contributed by atoms with van der Waals surface area (Å²) in [5.74, 6) is 0.341. The van der Waals surface area contributed by atoms with E-state index in [-0.39, 0.29) is 29.7 Å². The first-order valence-electron chi connectivity index (χ1n) is 15.6. The van der Waals surface area contributed by atoms with E-state index >= 15 is 0 Å². The molecule has 11 heteroatoms. The van der Waals surface area contributed by atoms with E-state index < -0.39 is 6.10 Å². The Morgan fingerprint density at radius 1 is 0.915 bits per heavy atom. The molecule has 1 aliphatic rings. The van der Waals surface area contributed by atoms with E-state index in [2.05, 4.69) is 59.4 Å². The van der Waals surface area contributed by atoms with Gasteiger partial charge >= 0.3 is 0 Å². The van der Waals surface area contributed by atoms with Crippen LogP contribution < -0.4 is 10.9 Å². The molecule has 0 spiro atoms. The average Bonchev–Trinajstić information content (AvgIpc) is 3.07. The van der Waals surface area contributed by atoms with Crippen LogP contribution in [0.2, 0.25) is 0 Å². The van der Waals surface area contributed by atoms with Crippen LogP contribution in [-0.4, -0.2) is 80.6 Å². The zero-order valence-electron chi connectivity index (χ0n) is 26.8. The van der Waals surface area contributed by atoms with Crippen molar-refractivity contribution in [2.45, 2.75) is 57.1 Å².